The first-order valence-electron chi connectivity index (χ1n) is 6.61. The third-order valence-electron chi connectivity index (χ3n) is 3.38. The summed E-state index contributed by atoms with van der Waals surface area (Å²) in [6, 6.07) is 12.7. The molecule has 0 fully saturated rings. The minimum atomic E-state index is -0.563. The molecular formula is C17H18ClFO. The zero-order valence-corrected chi connectivity index (χ0v) is 12.6. The standard InChI is InChI=1S/C17H18ClFO/c1-11(2)12-7-9-13(10-8-12)17(18)16-14(19)5-4-6-15(16)20-3/h4-11,17H,1-3H3. The molecule has 0 saturated carbocycles. The molecule has 0 aliphatic heterocycles. The van der Waals surface area contributed by atoms with E-state index in [1.165, 1.54) is 18.7 Å². The SMILES string of the molecule is COc1cccc(F)c1C(Cl)c1ccc(C(C)C)cc1. The summed E-state index contributed by atoms with van der Waals surface area (Å²) in [5.74, 6) is 0.580. The molecule has 3 heteroatoms. The molecule has 20 heavy (non-hydrogen) atoms. The summed E-state index contributed by atoms with van der Waals surface area (Å²) in [7, 11) is 1.52. The van der Waals surface area contributed by atoms with E-state index >= 15 is 0 Å². The van der Waals surface area contributed by atoms with Crippen LogP contribution < -0.4 is 4.74 Å². The van der Waals surface area contributed by atoms with Gasteiger partial charge in [-0.05, 0) is 29.2 Å². The Kier molecular flexibility index (Phi) is 4.66. The molecular weight excluding hydrogens is 275 g/mol. The number of alkyl halides is 1. The first kappa shape index (κ1) is 14.9. The van der Waals surface area contributed by atoms with E-state index in [0.717, 1.165) is 5.56 Å². The van der Waals surface area contributed by atoms with Gasteiger partial charge in [0.1, 0.15) is 11.6 Å². The number of hydrogen-bond acceptors (Lipinski definition) is 1. The molecule has 0 amide bonds. The average molecular weight is 293 g/mol. The number of benzene rings is 2. The Bertz CT molecular complexity index is 578. The molecule has 0 bridgehead atoms. The fourth-order valence-corrected chi connectivity index (χ4v) is 2.51. The highest BCUT2D eigenvalue weighted by molar-refractivity contribution is 6.22. The number of hydrogen-bond donors (Lipinski definition) is 0. The highest BCUT2D eigenvalue weighted by Gasteiger charge is 2.20. The van der Waals surface area contributed by atoms with Crippen molar-refractivity contribution in [2.75, 3.05) is 7.11 Å². The Morgan fingerprint density at radius 1 is 1.00 bits per heavy atom. The van der Waals surface area contributed by atoms with Gasteiger partial charge in [0.2, 0.25) is 0 Å². The molecule has 106 valence electrons. The van der Waals surface area contributed by atoms with Crippen LogP contribution in [-0.4, -0.2) is 7.11 Å². The second kappa shape index (κ2) is 6.27. The van der Waals surface area contributed by atoms with Crippen LogP contribution in [0.3, 0.4) is 0 Å². The van der Waals surface area contributed by atoms with Gasteiger partial charge in [-0.3, -0.25) is 0 Å². The molecule has 2 aromatic rings. The van der Waals surface area contributed by atoms with Gasteiger partial charge in [0, 0.05) is 0 Å². The van der Waals surface area contributed by atoms with Crippen molar-refractivity contribution in [1.29, 1.82) is 0 Å². The van der Waals surface area contributed by atoms with Crippen molar-refractivity contribution in [2.45, 2.75) is 25.1 Å². The molecule has 0 saturated heterocycles. The fraction of sp³-hybridized carbons (Fsp3) is 0.294. The van der Waals surface area contributed by atoms with Gasteiger partial charge >= 0.3 is 0 Å². The molecule has 0 radical (unpaired) electrons. The maximum atomic E-state index is 14.0. The van der Waals surface area contributed by atoms with Crippen LogP contribution in [0.25, 0.3) is 0 Å². The lowest BCUT2D eigenvalue weighted by Gasteiger charge is -2.16. The maximum absolute atomic E-state index is 14.0. The van der Waals surface area contributed by atoms with Gasteiger partial charge < -0.3 is 4.74 Å². The van der Waals surface area contributed by atoms with Crippen LogP contribution in [0.4, 0.5) is 4.39 Å². The van der Waals surface area contributed by atoms with E-state index in [2.05, 4.69) is 13.8 Å². The Hall–Kier alpha value is -1.54. The van der Waals surface area contributed by atoms with Crippen LogP contribution in [0.5, 0.6) is 5.75 Å². The van der Waals surface area contributed by atoms with Crippen molar-refractivity contribution in [3.63, 3.8) is 0 Å². The van der Waals surface area contributed by atoms with Crippen LogP contribution in [0.1, 0.15) is 41.8 Å². The molecule has 0 aliphatic carbocycles. The molecule has 2 aromatic carbocycles. The molecule has 0 aromatic heterocycles. The second-order valence-electron chi connectivity index (χ2n) is 5.04. The van der Waals surface area contributed by atoms with Crippen molar-refractivity contribution in [2.24, 2.45) is 0 Å². The Morgan fingerprint density at radius 3 is 2.15 bits per heavy atom. The number of rotatable bonds is 4. The van der Waals surface area contributed by atoms with E-state index < -0.39 is 5.38 Å². The number of methoxy groups -OCH3 is 1. The largest absolute Gasteiger partial charge is 0.496 e. The predicted octanol–water partition coefficient (Wildman–Crippen LogP) is 5.29. The van der Waals surface area contributed by atoms with Gasteiger partial charge in [-0.1, -0.05) is 44.2 Å². The summed E-state index contributed by atoms with van der Waals surface area (Å²) in [5, 5.41) is -0.563. The predicted molar refractivity (Wildman–Crippen MR) is 81.2 cm³/mol. The van der Waals surface area contributed by atoms with E-state index in [0.29, 0.717) is 17.2 Å². The van der Waals surface area contributed by atoms with Gasteiger partial charge in [-0.25, -0.2) is 4.39 Å². The highest BCUT2D eigenvalue weighted by Crippen LogP contribution is 2.37. The maximum Gasteiger partial charge on any atom is 0.131 e. The lowest BCUT2D eigenvalue weighted by Crippen LogP contribution is -2.01. The van der Waals surface area contributed by atoms with Crippen molar-refractivity contribution in [1.82, 2.24) is 0 Å². The summed E-state index contributed by atoms with van der Waals surface area (Å²) < 4.78 is 19.2. The van der Waals surface area contributed by atoms with Crippen LogP contribution in [0.15, 0.2) is 42.5 Å². The van der Waals surface area contributed by atoms with Gasteiger partial charge in [0.05, 0.1) is 18.1 Å². The number of halogens is 2. The molecule has 0 spiro atoms. The molecule has 0 aliphatic rings. The minimum Gasteiger partial charge on any atom is -0.496 e. The summed E-state index contributed by atoms with van der Waals surface area (Å²) in [5.41, 5.74) is 2.48. The third-order valence-corrected chi connectivity index (χ3v) is 3.85. The van der Waals surface area contributed by atoms with Crippen LogP contribution in [0.2, 0.25) is 0 Å². The Balaban J connectivity index is 2.38. The summed E-state index contributed by atoms with van der Waals surface area (Å²) in [4.78, 5) is 0. The van der Waals surface area contributed by atoms with Gasteiger partial charge in [0.25, 0.3) is 0 Å². The summed E-state index contributed by atoms with van der Waals surface area (Å²) in [6.45, 7) is 4.26. The van der Waals surface area contributed by atoms with Crippen LogP contribution >= 0.6 is 11.6 Å². The van der Waals surface area contributed by atoms with E-state index in [1.54, 1.807) is 12.1 Å². The summed E-state index contributed by atoms with van der Waals surface area (Å²) in [6.07, 6.45) is 0. The third kappa shape index (κ3) is 2.96. The van der Waals surface area contributed by atoms with E-state index in [1.807, 2.05) is 24.3 Å². The Morgan fingerprint density at radius 2 is 1.60 bits per heavy atom. The average Bonchev–Trinajstić information content (AvgIpc) is 2.46. The van der Waals surface area contributed by atoms with Gasteiger partial charge in [-0.15, -0.1) is 11.6 Å². The van der Waals surface area contributed by atoms with Gasteiger partial charge in [-0.2, -0.15) is 0 Å². The van der Waals surface area contributed by atoms with Crippen LogP contribution in [0, 0.1) is 5.82 Å². The smallest absolute Gasteiger partial charge is 0.131 e. The number of ether oxygens (including phenoxy) is 1. The molecule has 1 atom stereocenters. The lowest BCUT2D eigenvalue weighted by molar-refractivity contribution is 0.405. The molecule has 1 nitrogen and oxygen atoms in total. The zero-order chi connectivity index (χ0) is 14.7. The minimum absolute atomic E-state index is 0.350. The first-order chi connectivity index (χ1) is 9.54. The monoisotopic (exact) mass is 292 g/mol. The van der Waals surface area contributed by atoms with Gasteiger partial charge in [0.15, 0.2) is 0 Å². The normalized spacial score (nSPS) is 12.5. The second-order valence-corrected chi connectivity index (χ2v) is 5.48. The molecule has 0 N–H and O–H groups in total. The quantitative estimate of drug-likeness (QED) is 0.696. The Labute approximate surface area is 124 Å². The molecule has 2 rings (SSSR count). The van der Waals surface area contributed by atoms with E-state index in [-0.39, 0.29) is 5.82 Å². The zero-order valence-electron chi connectivity index (χ0n) is 11.9. The topological polar surface area (TPSA) is 9.23 Å². The van der Waals surface area contributed by atoms with Crippen molar-refractivity contribution in [3.05, 3.63) is 65.0 Å². The fourth-order valence-electron chi connectivity index (χ4n) is 2.16. The van der Waals surface area contributed by atoms with E-state index in [4.69, 9.17) is 16.3 Å². The highest BCUT2D eigenvalue weighted by atomic mass is 35.5. The van der Waals surface area contributed by atoms with Crippen molar-refractivity contribution >= 4 is 11.6 Å². The molecule has 1 unspecified atom stereocenters. The van der Waals surface area contributed by atoms with Crippen molar-refractivity contribution < 1.29 is 9.13 Å². The van der Waals surface area contributed by atoms with E-state index in [9.17, 15) is 4.39 Å². The molecule has 0 heterocycles. The van der Waals surface area contributed by atoms with Crippen molar-refractivity contribution in [3.8, 4) is 5.75 Å². The first-order valence-corrected chi connectivity index (χ1v) is 7.04. The van der Waals surface area contributed by atoms with Crippen LogP contribution in [-0.2, 0) is 0 Å². The summed E-state index contributed by atoms with van der Waals surface area (Å²) >= 11 is 6.43. The lowest BCUT2D eigenvalue weighted by atomic mass is 9.98.